The molecule has 0 aromatic carbocycles. The average molecular weight is 217 g/mol. The fourth-order valence-electron chi connectivity index (χ4n) is 1.31. The maximum absolute atomic E-state index is 11.3. The van der Waals surface area contributed by atoms with Gasteiger partial charge in [0.15, 0.2) is 0 Å². The van der Waals surface area contributed by atoms with Crippen molar-refractivity contribution in [3.63, 3.8) is 0 Å². The largest absolute Gasteiger partial charge is 0.330 e. The summed E-state index contributed by atoms with van der Waals surface area (Å²) in [5, 5.41) is 0. The second-order valence-corrected chi connectivity index (χ2v) is 3.90. The maximum Gasteiger partial charge on any atom is 0.134 e. The van der Waals surface area contributed by atoms with Crippen LogP contribution in [-0.2, 0) is 9.59 Å². The topological polar surface area (TPSA) is 60.2 Å². The number of carbonyl (C=O) groups excluding carboxylic acids is 2. The highest BCUT2D eigenvalue weighted by molar-refractivity contribution is 7.80. The first-order valence-corrected chi connectivity index (χ1v) is 5.58. The van der Waals surface area contributed by atoms with E-state index >= 15 is 0 Å². The zero-order valence-corrected chi connectivity index (χ0v) is 9.56. The number of thiol groups is 1. The van der Waals surface area contributed by atoms with Crippen molar-refractivity contribution in [2.24, 2.45) is 11.7 Å². The quantitative estimate of drug-likeness (QED) is 0.601. The number of hydrogen-bond acceptors (Lipinski definition) is 4. The molecule has 0 saturated heterocycles. The van der Waals surface area contributed by atoms with Gasteiger partial charge in [-0.25, -0.2) is 0 Å². The van der Waals surface area contributed by atoms with Gasteiger partial charge in [0, 0.05) is 18.8 Å². The Hall–Kier alpha value is -0.350. The Morgan fingerprint density at radius 3 is 2.50 bits per heavy atom. The van der Waals surface area contributed by atoms with Crippen LogP contribution in [0.25, 0.3) is 0 Å². The van der Waals surface area contributed by atoms with E-state index in [9.17, 15) is 9.59 Å². The molecule has 1 unspecified atom stereocenters. The zero-order valence-electron chi connectivity index (χ0n) is 8.66. The van der Waals surface area contributed by atoms with Gasteiger partial charge in [-0.15, -0.1) is 0 Å². The fourth-order valence-corrected chi connectivity index (χ4v) is 1.56. The fraction of sp³-hybridized carbons (Fsp3) is 0.800. The van der Waals surface area contributed by atoms with Gasteiger partial charge in [0.2, 0.25) is 0 Å². The van der Waals surface area contributed by atoms with Crippen LogP contribution in [0.1, 0.15) is 32.6 Å². The van der Waals surface area contributed by atoms with Crippen molar-refractivity contribution >= 4 is 24.2 Å². The Morgan fingerprint density at radius 1 is 1.43 bits per heavy atom. The lowest BCUT2D eigenvalue weighted by molar-refractivity contribution is -0.126. The minimum atomic E-state index is -0.133. The zero-order chi connectivity index (χ0) is 11.0. The first-order valence-electron chi connectivity index (χ1n) is 4.95. The third-order valence-corrected chi connectivity index (χ3v) is 2.42. The average Bonchev–Trinajstić information content (AvgIpc) is 2.12. The lowest BCUT2D eigenvalue weighted by atomic mass is 9.93. The summed E-state index contributed by atoms with van der Waals surface area (Å²) in [5.41, 5.74) is 5.36. The summed E-state index contributed by atoms with van der Waals surface area (Å²) in [5.74, 6) is 0.634. The van der Waals surface area contributed by atoms with Crippen LogP contribution in [0.2, 0.25) is 0 Å². The minimum absolute atomic E-state index is 0.0889. The minimum Gasteiger partial charge on any atom is -0.330 e. The molecule has 0 aromatic heterocycles. The Labute approximate surface area is 90.8 Å². The van der Waals surface area contributed by atoms with Crippen molar-refractivity contribution in [2.45, 2.75) is 32.6 Å². The molecule has 0 aliphatic carbocycles. The SMILES string of the molecule is CC(=O)C(CCCN)CC(=O)CCS. The summed E-state index contributed by atoms with van der Waals surface area (Å²) in [6.07, 6.45) is 2.34. The molecule has 0 aliphatic rings. The maximum atomic E-state index is 11.3. The van der Waals surface area contributed by atoms with Crippen LogP contribution in [0.4, 0.5) is 0 Å². The number of hydrogen-bond donors (Lipinski definition) is 2. The van der Waals surface area contributed by atoms with Crippen LogP contribution < -0.4 is 5.73 Å². The summed E-state index contributed by atoms with van der Waals surface area (Å²) >= 11 is 3.98. The van der Waals surface area contributed by atoms with Gasteiger partial charge in [-0.2, -0.15) is 12.6 Å². The molecule has 0 rings (SSSR count). The van der Waals surface area contributed by atoms with Crippen LogP contribution in [-0.4, -0.2) is 23.9 Å². The number of Topliss-reactive ketones (excluding diaryl/α,β-unsaturated/α-hetero) is 2. The normalized spacial score (nSPS) is 12.5. The smallest absolute Gasteiger partial charge is 0.134 e. The van der Waals surface area contributed by atoms with Crippen LogP contribution in [0, 0.1) is 5.92 Å². The van der Waals surface area contributed by atoms with Gasteiger partial charge in [0.1, 0.15) is 11.6 Å². The van der Waals surface area contributed by atoms with Crippen molar-refractivity contribution in [2.75, 3.05) is 12.3 Å². The number of carbonyl (C=O) groups is 2. The van der Waals surface area contributed by atoms with E-state index in [4.69, 9.17) is 5.73 Å². The molecular weight excluding hydrogens is 198 g/mol. The Bertz CT molecular complexity index is 195. The van der Waals surface area contributed by atoms with E-state index in [1.165, 1.54) is 6.92 Å². The highest BCUT2D eigenvalue weighted by Gasteiger charge is 2.17. The second kappa shape index (κ2) is 8.00. The lowest BCUT2D eigenvalue weighted by Gasteiger charge is -2.11. The van der Waals surface area contributed by atoms with Gasteiger partial charge in [0.25, 0.3) is 0 Å². The van der Waals surface area contributed by atoms with Crippen LogP contribution in [0.3, 0.4) is 0 Å². The summed E-state index contributed by atoms with van der Waals surface area (Å²) in [4.78, 5) is 22.5. The second-order valence-electron chi connectivity index (χ2n) is 3.45. The van der Waals surface area contributed by atoms with Gasteiger partial charge < -0.3 is 5.73 Å². The van der Waals surface area contributed by atoms with E-state index in [1.807, 2.05) is 0 Å². The van der Waals surface area contributed by atoms with Crippen molar-refractivity contribution < 1.29 is 9.59 Å². The van der Waals surface area contributed by atoms with Crippen LogP contribution >= 0.6 is 12.6 Å². The van der Waals surface area contributed by atoms with Crippen molar-refractivity contribution in [1.82, 2.24) is 0 Å². The molecule has 3 nitrogen and oxygen atoms in total. The molecule has 0 radical (unpaired) electrons. The molecular formula is C10H19NO2S. The summed E-state index contributed by atoms with van der Waals surface area (Å²) in [6.45, 7) is 2.11. The summed E-state index contributed by atoms with van der Waals surface area (Å²) in [6, 6.07) is 0. The number of rotatable bonds is 8. The summed E-state index contributed by atoms with van der Waals surface area (Å²) in [7, 11) is 0. The molecule has 0 spiro atoms. The summed E-state index contributed by atoms with van der Waals surface area (Å²) < 4.78 is 0. The van der Waals surface area contributed by atoms with Gasteiger partial charge in [-0.05, 0) is 32.1 Å². The lowest BCUT2D eigenvalue weighted by Crippen LogP contribution is -2.17. The van der Waals surface area contributed by atoms with Gasteiger partial charge >= 0.3 is 0 Å². The first-order chi connectivity index (χ1) is 6.61. The molecule has 0 saturated carbocycles. The van der Waals surface area contributed by atoms with Crippen LogP contribution in [0.5, 0.6) is 0 Å². The highest BCUT2D eigenvalue weighted by atomic mass is 32.1. The first kappa shape index (κ1) is 13.7. The molecule has 0 aliphatic heterocycles. The molecule has 1 atom stereocenters. The van der Waals surface area contributed by atoms with Crippen molar-refractivity contribution in [3.05, 3.63) is 0 Å². The van der Waals surface area contributed by atoms with E-state index in [1.54, 1.807) is 0 Å². The van der Waals surface area contributed by atoms with E-state index in [0.717, 1.165) is 12.8 Å². The van der Waals surface area contributed by atoms with Crippen molar-refractivity contribution in [3.8, 4) is 0 Å². The molecule has 0 bridgehead atoms. The molecule has 2 N–H and O–H groups in total. The Balaban J connectivity index is 3.95. The van der Waals surface area contributed by atoms with E-state index < -0.39 is 0 Å². The standard InChI is InChI=1S/C10H19NO2S/c1-8(12)9(3-2-5-11)7-10(13)4-6-14/h9,14H,2-7,11H2,1H3. The van der Waals surface area contributed by atoms with Crippen molar-refractivity contribution in [1.29, 1.82) is 0 Å². The van der Waals surface area contributed by atoms with Gasteiger partial charge in [0.05, 0.1) is 0 Å². The van der Waals surface area contributed by atoms with E-state index in [2.05, 4.69) is 12.6 Å². The van der Waals surface area contributed by atoms with Gasteiger partial charge in [-0.1, -0.05) is 0 Å². The number of ketones is 2. The highest BCUT2D eigenvalue weighted by Crippen LogP contribution is 2.13. The third-order valence-electron chi connectivity index (χ3n) is 2.20. The molecule has 0 heterocycles. The molecule has 0 aromatic rings. The van der Waals surface area contributed by atoms with E-state index in [-0.39, 0.29) is 17.5 Å². The monoisotopic (exact) mass is 217 g/mol. The molecule has 14 heavy (non-hydrogen) atoms. The number of nitrogens with two attached hydrogens (primary N) is 1. The Kier molecular flexibility index (Phi) is 7.80. The Morgan fingerprint density at radius 2 is 2.07 bits per heavy atom. The van der Waals surface area contributed by atoms with E-state index in [0.29, 0.717) is 25.1 Å². The molecule has 4 heteroatoms. The predicted octanol–water partition coefficient (Wildman–Crippen LogP) is 1.21. The van der Waals surface area contributed by atoms with Gasteiger partial charge in [-0.3, -0.25) is 9.59 Å². The third kappa shape index (κ3) is 6.16. The molecule has 0 amide bonds. The molecule has 0 fully saturated rings. The molecule has 82 valence electrons. The predicted molar refractivity (Wildman–Crippen MR) is 60.6 cm³/mol. The van der Waals surface area contributed by atoms with Crippen LogP contribution in [0.15, 0.2) is 0 Å².